The van der Waals surface area contributed by atoms with Crippen LogP contribution in [0.25, 0.3) is 6.08 Å². The summed E-state index contributed by atoms with van der Waals surface area (Å²) in [4.78, 5) is 12.1. The molecule has 0 saturated heterocycles. The molecule has 0 bridgehead atoms. The number of nitrogens with one attached hydrogen (secondary N) is 1. The van der Waals surface area contributed by atoms with Gasteiger partial charge in [-0.1, -0.05) is 17.7 Å². The topological polar surface area (TPSA) is 66.0 Å². The second kappa shape index (κ2) is 6.29. The van der Waals surface area contributed by atoms with E-state index >= 15 is 0 Å². The monoisotopic (exact) mass is 300 g/mol. The molecule has 4 nitrogen and oxygen atoms in total. The zero-order chi connectivity index (χ0) is 15.4. The highest BCUT2D eigenvalue weighted by molar-refractivity contribution is 6.31. The Bertz CT molecular complexity index is 754. The molecule has 0 spiro atoms. The Morgan fingerprint density at radius 3 is 2.71 bits per heavy atom. The number of nitrogens with zero attached hydrogens (tertiary/aromatic N) is 1. The second-order valence-corrected chi connectivity index (χ2v) is 4.97. The van der Waals surface area contributed by atoms with Crippen LogP contribution >= 0.6 is 11.6 Å². The van der Waals surface area contributed by atoms with Crippen LogP contribution in [-0.2, 0) is 4.79 Å². The van der Waals surface area contributed by atoms with E-state index in [0.717, 1.165) is 5.56 Å². The number of hydrogen-bond donors (Lipinski definition) is 1. The molecule has 2 rings (SSSR count). The van der Waals surface area contributed by atoms with Gasteiger partial charge in [-0.15, -0.1) is 0 Å². The van der Waals surface area contributed by atoms with Gasteiger partial charge < -0.3 is 9.73 Å². The zero-order valence-corrected chi connectivity index (χ0v) is 12.4. The van der Waals surface area contributed by atoms with Crippen molar-refractivity contribution in [1.82, 2.24) is 0 Å². The van der Waals surface area contributed by atoms with Crippen LogP contribution in [0.3, 0.4) is 0 Å². The maximum Gasteiger partial charge on any atom is 0.266 e. The SMILES string of the molecule is Cc1ccc(/C=C(\C#N)C(=O)Nc2cc(Cl)ccc2C)o1. The van der Waals surface area contributed by atoms with Gasteiger partial charge in [0.15, 0.2) is 0 Å². The highest BCUT2D eigenvalue weighted by atomic mass is 35.5. The third-order valence-electron chi connectivity index (χ3n) is 2.86. The van der Waals surface area contributed by atoms with Crippen molar-refractivity contribution in [1.29, 1.82) is 5.26 Å². The lowest BCUT2D eigenvalue weighted by atomic mass is 10.1. The Balaban J connectivity index is 2.23. The Morgan fingerprint density at radius 2 is 2.10 bits per heavy atom. The lowest BCUT2D eigenvalue weighted by molar-refractivity contribution is -0.112. The molecule has 1 N–H and O–H groups in total. The van der Waals surface area contributed by atoms with E-state index in [1.807, 2.05) is 13.0 Å². The Hall–Kier alpha value is -2.51. The summed E-state index contributed by atoms with van der Waals surface area (Å²) >= 11 is 5.90. The maximum absolute atomic E-state index is 12.1. The highest BCUT2D eigenvalue weighted by Gasteiger charge is 2.12. The molecule has 1 amide bonds. The molecule has 1 aromatic carbocycles. The fourth-order valence-corrected chi connectivity index (χ4v) is 1.91. The second-order valence-electron chi connectivity index (χ2n) is 4.53. The number of aryl methyl sites for hydroxylation is 2. The van der Waals surface area contributed by atoms with Crippen LogP contribution in [-0.4, -0.2) is 5.91 Å². The minimum absolute atomic E-state index is 0.0382. The van der Waals surface area contributed by atoms with Crippen LogP contribution in [0.4, 0.5) is 5.69 Å². The van der Waals surface area contributed by atoms with Gasteiger partial charge in [0.25, 0.3) is 5.91 Å². The van der Waals surface area contributed by atoms with Crippen LogP contribution in [0.5, 0.6) is 0 Å². The number of rotatable bonds is 3. The lowest BCUT2D eigenvalue weighted by Gasteiger charge is -2.07. The number of hydrogen-bond acceptors (Lipinski definition) is 3. The van der Waals surface area contributed by atoms with Crippen molar-refractivity contribution in [2.45, 2.75) is 13.8 Å². The molecule has 0 aliphatic carbocycles. The summed E-state index contributed by atoms with van der Waals surface area (Å²) < 4.78 is 5.33. The van der Waals surface area contributed by atoms with Gasteiger partial charge >= 0.3 is 0 Å². The third kappa shape index (κ3) is 3.74. The summed E-state index contributed by atoms with van der Waals surface area (Å²) in [7, 11) is 0. The van der Waals surface area contributed by atoms with Crippen molar-refractivity contribution < 1.29 is 9.21 Å². The summed E-state index contributed by atoms with van der Waals surface area (Å²) in [6.07, 6.45) is 1.40. The predicted molar refractivity (Wildman–Crippen MR) is 81.9 cm³/mol. The van der Waals surface area contributed by atoms with Gasteiger partial charge in [-0.05, 0) is 43.7 Å². The highest BCUT2D eigenvalue weighted by Crippen LogP contribution is 2.21. The summed E-state index contributed by atoms with van der Waals surface area (Å²) in [5.41, 5.74) is 1.40. The minimum Gasteiger partial charge on any atom is -0.462 e. The molecule has 0 unspecified atom stereocenters. The normalized spacial score (nSPS) is 11.0. The van der Waals surface area contributed by atoms with Crippen molar-refractivity contribution in [3.8, 4) is 6.07 Å². The van der Waals surface area contributed by atoms with Gasteiger partial charge in [0, 0.05) is 16.8 Å². The van der Waals surface area contributed by atoms with Crippen molar-refractivity contribution in [2.75, 3.05) is 5.32 Å². The first-order chi connectivity index (χ1) is 9.99. The van der Waals surface area contributed by atoms with Gasteiger partial charge in [0.1, 0.15) is 23.2 Å². The fourth-order valence-electron chi connectivity index (χ4n) is 1.74. The van der Waals surface area contributed by atoms with E-state index in [1.165, 1.54) is 6.08 Å². The molecule has 0 aliphatic heterocycles. The van der Waals surface area contributed by atoms with Crippen molar-refractivity contribution >= 4 is 29.3 Å². The molecule has 106 valence electrons. The first kappa shape index (κ1) is 14.9. The zero-order valence-electron chi connectivity index (χ0n) is 11.6. The van der Waals surface area contributed by atoms with Crippen molar-refractivity contribution in [3.05, 3.63) is 58.0 Å². The molecule has 0 saturated carbocycles. The molecular weight excluding hydrogens is 288 g/mol. The number of carbonyl (C=O) groups is 1. The van der Waals surface area contributed by atoms with Crippen LogP contribution in [0.15, 0.2) is 40.3 Å². The van der Waals surface area contributed by atoms with E-state index in [1.54, 1.807) is 37.3 Å². The molecule has 0 fully saturated rings. The average molecular weight is 301 g/mol. The van der Waals surface area contributed by atoms with E-state index in [-0.39, 0.29) is 5.57 Å². The number of nitriles is 1. The molecule has 1 heterocycles. The average Bonchev–Trinajstić information content (AvgIpc) is 2.85. The summed E-state index contributed by atoms with van der Waals surface area (Å²) in [5, 5.41) is 12.3. The van der Waals surface area contributed by atoms with Crippen LogP contribution < -0.4 is 5.32 Å². The number of halogens is 1. The number of anilines is 1. The summed E-state index contributed by atoms with van der Waals surface area (Å²) in [6, 6.07) is 10.5. The number of carbonyl (C=O) groups excluding carboxylic acids is 1. The van der Waals surface area contributed by atoms with Crippen molar-refractivity contribution in [2.24, 2.45) is 0 Å². The Morgan fingerprint density at radius 1 is 1.33 bits per heavy atom. The molecule has 2 aromatic rings. The van der Waals surface area contributed by atoms with E-state index < -0.39 is 5.91 Å². The van der Waals surface area contributed by atoms with Crippen LogP contribution in [0, 0.1) is 25.2 Å². The van der Waals surface area contributed by atoms with E-state index in [0.29, 0.717) is 22.2 Å². The van der Waals surface area contributed by atoms with Crippen LogP contribution in [0.1, 0.15) is 17.1 Å². The number of benzene rings is 1. The number of furan rings is 1. The molecule has 0 atom stereocenters. The lowest BCUT2D eigenvalue weighted by Crippen LogP contribution is -2.14. The first-order valence-electron chi connectivity index (χ1n) is 6.25. The van der Waals surface area contributed by atoms with Gasteiger partial charge in [0.05, 0.1) is 0 Å². The Kier molecular flexibility index (Phi) is 4.46. The fraction of sp³-hybridized carbons (Fsp3) is 0.125. The van der Waals surface area contributed by atoms with Gasteiger partial charge in [-0.2, -0.15) is 5.26 Å². The standard InChI is InChI=1S/C16H13ClN2O2/c1-10-3-5-13(17)8-15(10)19-16(20)12(9-18)7-14-6-4-11(2)21-14/h3-8H,1-2H3,(H,19,20)/b12-7+. The van der Waals surface area contributed by atoms with Crippen molar-refractivity contribution in [3.63, 3.8) is 0 Å². The smallest absolute Gasteiger partial charge is 0.266 e. The largest absolute Gasteiger partial charge is 0.462 e. The summed E-state index contributed by atoms with van der Waals surface area (Å²) in [5.74, 6) is 0.670. The minimum atomic E-state index is -0.503. The molecule has 21 heavy (non-hydrogen) atoms. The quantitative estimate of drug-likeness (QED) is 0.685. The predicted octanol–water partition coefficient (Wildman–Crippen LogP) is 4.10. The van der Waals surface area contributed by atoms with Gasteiger partial charge in [0.2, 0.25) is 0 Å². The maximum atomic E-state index is 12.1. The Labute approximate surface area is 127 Å². The van der Waals surface area contributed by atoms with E-state index in [9.17, 15) is 4.79 Å². The van der Waals surface area contributed by atoms with Crippen LogP contribution in [0.2, 0.25) is 5.02 Å². The summed E-state index contributed by atoms with van der Waals surface area (Å²) in [6.45, 7) is 3.64. The van der Waals surface area contributed by atoms with Gasteiger partial charge in [-0.25, -0.2) is 0 Å². The van der Waals surface area contributed by atoms with E-state index in [2.05, 4.69) is 5.32 Å². The molecular formula is C16H13ClN2O2. The van der Waals surface area contributed by atoms with E-state index in [4.69, 9.17) is 21.3 Å². The molecule has 0 aliphatic rings. The van der Waals surface area contributed by atoms with Gasteiger partial charge in [-0.3, -0.25) is 4.79 Å². The molecule has 1 aromatic heterocycles. The first-order valence-corrected chi connectivity index (χ1v) is 6.63. The number of amides is 1. The third-order valence-corrected chi connectivity index (χ3v) is 3.10. The molecule has 5 heteroatoms. The molecule has 0 radical (unpaired) electrons.